The Bertz CT molecular complexity index is 418. The molecule has 1 aromatic heterocycles. The van der Waals surface area contributed by atoms with Gasteiger partial charge in [0, 0.05) is 45.2 Å². The lowest BCUT2D eigenvalue weighted by Crippen LogP contribution is -2.33. The molecule has 0 aliphatic heterocycles. The van der Waals surface area contributed by atoms with Gasteiger partial charge in [-0.1, -0.05) is 13.8 Å². The maximum absolute atomic E-state index is 12.5. The number of amides is 1. The predicted molar refractivity (Wildman–Crippen MR) is 85.7 cm³/mol. The van der Waals surface area contributed by atoms with Crippen LogP contribution in [0.1, 0.15) is 43.6 Å². The SMILES string of the molecule is CCCN(CCC)C(=O)c1cc(NCCCOC)ccn1. The van der Waals surface area contributed by atoms with Crippen LogP contribution in [0.3, 0.4) is 0 Å². The Hall–Kier alpha value is -1.62. The van der Waals surface area contributed by atoms with E-state index in [1.807, 2.05) is 17.0 Å². The van der Waals surface area contributed by atoms with Gasteiger partial charge < -0.3 is 15.0 Å². The number of aromatic nitrogens is 1. The third-order valence-electron chi connectivity index (χ3n) is 3.11. The van der Waals surface area contributed by atoms with Crippen LogP contribution in [-0.4, -0.2) is 49.1 Å². The minimum Gasteiger partial charge on any atom is -0.385 e. The standard InChI is InChI=1S/C16H27N3O2/c1-4-10-19(11-5-2)16(20)15-13-14(7-9-18-15)17-8-6-12-21-3/h7,9,13H,4-6,8,10-12H2,1-3H3,(H,17,18). The molecule has 0 bridgehead atoms. The summed E-state index contributed by atoms with van der Waals surface area (Å²) in [5, 5.41) is 3.29. The Balaban J connectivity index is 2.66. The van der Waals surface area contributed by atoms with E-state index >= 15 is 0 Å². The Morgan fingerprint density at radius 3 is 2.67 bits per heavy atom. The van der Waals surface area contributed by atoms with Gasteiger partial charge in [-0.25, -0.2) is 0 Å². The Morgan fingerprint density at radius 1 is 1.33 bits per heavy atom. The number of methoxy groups -OCH3 is 1. The zero-order chi connectivity index (χ0) is 15.5. The molecule has 0 fully saturated rings. The molecular formula is C16H27N3O2. The van der Waals surface area contributed by atoms with Crippen molar-refractivity contribution in [3.8, 4) is 0 Å². The molecule has 0 spiro atoms. The summed E-state index contributed by atoms with van der Waals surface area (Å²) in [4.78, 5) is 18.6. The highest BCUT2D eigenvalue weighted by atomic mass is 16.5. The molecular weight excluding hydrogens is 266 g/mol. The highest BCUT2D eigenvalue weighted by Gasteiger charge is 2.15. The summed E-state index contributed by atoms with van der Waals surface area (Å²) in [6.45, 7) is 7.26. The quantitative estimate of drug-likeness (QED) is 0.674. The minimum absolute atomic E-state index is 0.0132. The fourth-order valence-corrected chi connectivity index (χ4v) is 2.12. The van der Waals surface area contributed by atoms with Crippen molar-refractivity contribution in [3.63, 3.8) is 0 Å². The number of carbonyl (C=O) groups is 1. The van der Waals surface area contributed by atoms with Gasteiger partial charge in [-0.3, -0.25) is 9.78 Å². The van der Waals surface area contributed by atoms with E-state index in [4.69, 9.17) is 4.74 Å². The average molecular weight is 293 g/mol. The lowest BCUT2D eigenvalue weighted by Gasteiger charge is -2.21. The Morgan fingerprint density at radius 2 is 2.05 bits per heavy atom. The maximum atomic E-state index is 12.5. The number of anilines is 1. The van der Waals surface area contributed by atoms with Crippen LogP contribution in [0, 0.1) is 0 Å². The third-order valence-corrected chi connectivity index (χ3v) is 3.11. The van der Waals surface area contributed by atoms with Gasteiger partial charge in [0.1, 0.15) is 5.69 Å². The van der Waals surface area contributed by atoms with Crippen LogP contribution in [0.25, 0.3) is 0 Å². The first-order valence-corrected chi connectivity index (χ1v) is 7.71. The lowest BCUT2D eigenvalue weighted by atomic mass is 10.2. The molecule has 5 heteroatoms. The minimum atomic E-state index is 0.0132. The second kappa shape index (κ2) is 10.2. The highest BCUT2D eigenvalue weighted by molar-refractivity contribution is 5.93. The number of ether oxygens (including phenoxy) is 1. The second-order valence-electron chi connectivity index (χ2n) is 5.00. The molecule has 1 aromatic rings. The van der Waals surface area contributed by atoms with Crippen molar-refractivity contribution in [2.24, 2.45) is 0 Å². The number of nitrogens with zero attached hydrogens (tertiary/aromatic N) is 2. The molecule has 1 amide bonds. The summed E-state index contributed by atoms with van der Waals surface area (Å²) in [5.74, 6) is 0.0132. The second-order valence-corrected chi connectivity index (χ2v) is 5.00. The molecule has 5 nitrogen and oxygen atoms in total. The molecule has 0 atom stereocenters. The van der Waals surface area contributed by atoms with Crippen molar-refractivity contribution in [2.75, 3.05) is 38.7 Å². The number of carbonyl (C=O) groups excluding carboxylic acids is 1. The van der Waals surface area contributed by atoms with Gasteiger partial charge in [-0.15, -0.1) is 0 Å². The molecule has 21 heavy (non-hydrogen) atoms. The summed E-state index contributed by atoms with van der Waals surface area (Å²) in [7, 11) is 1.69. The molecule has 0 radical (unpaired) electrons. The summed E-state index contributed by atoms with van der Waals surface area (Å²) in [5.41, 5.74) is 1.44. The fraction of sp³-hybridized carbons (Fsp3) is 0.625. The monoisotopic (exact) mass is 293 g/mol. The molecule has 1 N–H and O–H groups in total. The van der Waals surface area contributed by atoms with Gasteiger partial charge in [0.2, 0.25) is 0 Å². The first-order chi connectivity index (χ1) is 10.2. The first kappa shape index (κ1) is 17.4. The number of nitrogens with one attached hydrogen (secondary N) is 1. The summed E-state index contributed by atoms with van der Waals surface area (Å²) < 4.78 is 5.01. The van der Waals surface area contributed by atoms with E-state index in [9.17, 15) is 4.79 Å². The van der Waals surface area contributed by atoms with Crippen LogP contribution in [0.4, 0.5) is 5.69 Å². The van der Waals surface area contributed by atoms with Gasteiger partial charge >= 0.3 is 0 Å². The van der Waals surface area contributed by atoms with E-state index in [1.165, 1.54) is 0 Å². The van der Waals surface area contributed by atoms with Crippen molar-refractivity contribution >= 4 is 11.6 Å². The number of pyridine rings is 1. The van der Waals surface area contributed by atoms with Crippen LogP contribution in [0.15, 0.2) is 18.3 Å². The smallest absolute Gasteiger partial charge is 0.272 e. The zero-order valence-electron chi connectivity index (χ0n) is 13.4. The van der Waals surface area contributed by atoms with Gasteiger partial charge in [-0.05, 0) is 31.4 Å². The van der Waals surface area contributed by atoms with Crippen molar-refractivity contribution in [3.05, 3.63) is 24.0 Å². The molecule has 0 unspecified atom stereocenters. The zero-order valence-corrected chi connectivity index (χ0v) is 13.4. The highest BCUT2D eigenvalue weighted by Crippen LogP contribution is 2.11. The van der Waals surface area contributed by atoms with Gasteiger partial charge in [-0.2, -0.15) is 0 Å². The number of hydrogen-bond acceptors (Lipinski definition) is 4. The normalized spacial score (nSPS) is 10.4. The van der Waals surface area contributed by atoms with E-state index in [1.54, 1.807) is 13.3 Å². The maximum Gasteiger partial charge on any atom is 0.272 e. The van der Waals surface area contributed by atoms with Gasteiger partial charge in [0.25, 0.3) is 5.91 Å². The van der Waals surface area contributed by atoms with Crippen molar-refractivity contribution in [1.29, 1.82) is 0 Å². The molecule has 0 aliphatic rings. The van der Waals surface area contributed by atoms with Crippen LogP contribution in [-0.2, 0) is 4.74 Å². The largest absolute Gasteiger partial charge is 0.385 e. The molecule has 1 rings (SSSR count). The molecule has 0 saturated carbocycles. The number of rotatable bonds is 10. The first-order valence-electron chi connectivity index (χ1n) is 7.71. The predicted octanol–water partition coefficient (Wildman–Crippen LogP) is 2.79. The Labute approximate surface area is 127 Å². The van der Waals surface area contributed by atoms with Crippen LogP contribution in [0.5, 0.6) is 0 Å². The van der Waals surface area contributed by atoms with Crippen molar-refractivity contribution < 1.29 is 9.53 Å². The average Bonchev–Trinajstić information content (AvgIpc) is 2.51. The topological polar surface area (TPSA) is 54.5 Å². The number of hydrogen-bond donors (Lipinski definition) is 1. The van der Waals surface area contributed by atoms with E-state index < -0.39 is 0 Å². The van der Waals surface area contributed by atoms with Gasteiger partial charge in [0.05, 0.1) is 0 Å². The van der Waals surface area contributed by atoms with E-state index in [0.717, 1.165) is 51.2 Å². The molecule has 118 valence electrons. The van der Waals surface area contributed by atoms with Crippen LogP contribution >= 0.6 is 0 Å². The van der Waals surface area contributed by atoms with E-state index in [2.05, 4.69) is 24.1 Å². The summed E-state index contributed by atoms with van der Waals surface area (Å²) in [6, 6.07) is 3.71. The fourth-order valence-electron chi connectivity index (χ4n) is 2.12. The molecule has 1 heterocycles. The summed E-state index contributed by atoms with van der Waals surface area (Å²) >= 11 is 0. The summed E-state index contributed by atoms with van der Waals surface area (Å²) in [6.07, 6.45) is 4.53. The molecule has 0 aromatic carbocycles. The van der Waals surface area contributed by atoms with Gasteiger partial charge in [0.15, 0.2) is 0 Å². The van der Waals surface area contributed by atoms with Crippen molar-refractivity contribution in [1.82, 2.24) is 9.88 Å². The van der Waals surface area contributed by atoms with E-state index in [-0.39, 0.29) is 5.91 Å². The third kappa shape index (κ3) is 6.12. The van der Waals surface area contributed by atoms with Crippen LogP contribution in [0.2, 0.25) is 0 Å². The van der Waals surface area contributed by atoms with Crippen molar-refractivity contribution in [2.45, 2.75) is 33.1 Å². The molecule has 0 aliphatic carbocycles. The lowest BCUT2D eigenvalue weighted by molar-refractivity contribution is 0.0749. The Kier molecular flexibility index (Phi) is 8.43. The molecule has 0 saturated heterocycles. The van der Waals surface area contributed by atoms with E-state index in [0.29, 0.717) is 5.69 Å². The van der Waals surface area contributed by atoms with Crippen LogP contribution < -0.4 is 5.32 Å².